The maximum Gasteiger partial charge on any atom is 0.317 e. The van der Waals surface area contributed by atoms with E-state index in [9.17, 15) is 4.79 Å². The predicted molar refractivity (Wildman–Crippen MR) is 89.3 cm³/mol. The van der Waals surface area contributed by atoms with Crippen molar-refractivity contribution >= 4 is 6.03 Å². The summed E-state index contributed by atoms with van der Waals surface area (Å²) in [6.45, 7) is 3.88. The number of benzene rings is 1. The molecule has 1 N–H and O–H groups in total. The Labute approximate surface area is 133 Å². The molecule has 0 saturated carbocycles. The number of likely N-dealkylation sites (tertiary alicyclic amines) is 1. The molecular formula is C18H28N2O2. The van der Waals surface area contributed by atoms with Crippen molar-refractivity contribution in [1.29, 1.82) is 0 Å². The number of nitrogens with one attached hydrogen (secondary N) is 1. The van der Waals surface area contributed by atoms with Crippen LogP contribution in [0.1, 0.15) is 44.6 Å². The number of carbonyl (C=O) groups excluding carboxylic acids is 1. The molecule has 1 aliphatic heterocycles. The van der Waals surface area contributed by atoms with Gasteiger partial charge in [-0.3, -0.25) is 0 Å². The number of urea groups is 1. The summed E-state index contributed by atoms with van der Waals surface area (Å²) in [5.41, 5.74) is 1.27. The summed E-state index contributed by atoms with van der Waals surface area (Å²) in [4.78, 5) is 14.2. The van der Waals surface area contributed by atoms with Crippen LogP contribution in [-0.4, -0.2) is 37.2 Å². The van der Waals surface area contributed by atoms with Gasteiger partial charge in [0.25, 0.3) is 0 Å². The molecule has 0 bridgehead atoms. The van der Waals surface area contributed by atoms with Crippen molar-refractivity contribution in [2.75, 3.05) is 20.2 Å². The van der Waals surface area contributed by atoms with E-state index < -0.39 is 0 Å². The summed E-state index contributed by atoms with van der Waals surface area (Å²) in [6.07, 6.45) is 6.67. The van der Waals surface area contributed by atoms with Crippen LogP contribution >= 0.6 is 0 Å². The Morgan fingerprint density at radius 2 is 1.82 bits per heavy atom. The van der Waals surface area contributed by atoms with Gasteiger partial charge in [0.1, 0.15) is 5.75 Å². The second kappa shape index (κ2) is 8.66. The fourth-order valence-electron chi connectivity index (χ4n) is 2.82. The molecule has 22 heavy (non-hydrogen) atoms. The van der Waals surface area contributed by atoms with Crippen molar-refractivity contribution in [1.82, 2.24) is 10.2 Å². The molecule has 1 saturated heterocycles. The molecule has 4 nitrogen and oxygen atoms in total. The van der Waals surface area contributed by atoms with Gasteiger partial charge in [-0.15, -0.1) is 0 Å². The Balaban J connectivity index is 1.74. The van der Waals surface area contributed by atoms with Crippen LogP contribution in [0.25, 0.3) is 0 Å². The number of amides is 2. The number of nitrogens with zero attached hydrogens (tertiary/aromatic N) is 1. The molecule has 0 radical (unpaired) electrons. The molecule has 0 spiro atoms. The quantitative estimate of drug-likeness (QED) is 0.903. The van der Waals surface area contributed by atoms with Crippen molar-refractivity contribution in [2.45, 2.75) is 51.5 Å². The van der Waals surface area contributed by atoms with Crippen molar-refractivity contribution in [3.05, 3.63) is 29.8 Å². The number of methoxy groups -OCH3 is 1. The maximum atomic E-state index is 12.3. The van der Waals surface area contributed by atoms with E-state index >= 15 is 0 Å². The largest absolute Gasteiger partial charge is 0.497 e. The van der Waals surface area contributed by atoms with E-state index in [1.807, 2.05) is 17.0 Å². The Hall–Kier alpha value is -1.71. The maximum absolute atomic E-state index is 12.3. The molecule has 0 aliphatic carbocycles. The third-order valence-corrected chi connectivity index (χ3v) is 4.29. The van der Waals surface area contributed by atoms with E-state index in [1.54, 1.807) is 7.11 Å². The van der Waals surface area contributed by atoms with Gasteiger partial charge in [0, 0.05) is 19.1 Å². The van der Waals surface area contributed by atoms with Gasteiger partial charge in [0.05, 0.1) is 7.11 Å². The van der Waals surface area contributed by atoms with Crippen LogP contribution in [0.3, 0.4) is 0 Å². The average Bonchev–Trinajstić information content (AvgIpc) is 2.82. The summed E-state index contributed by atoms with van der Waals surface area (Å²) in [6, 6.07) is 8.43. The number of rotatable bonds is 5. The standard InChI is InChI=1S/C18H28N2O2/c1-15(7-8-16-9-11-17(22-2)12-10-16)19-18(21)20-13-5-3-4-6-14-20/h9-12,15H,3-8,13-14H2,1-2H3,(H,19,21). The van der Waals surface area contributed by atoms with Crippen LogP contribution in [0.5, 0.6) is 5.75 Å². The minimum absolute atomic E-state index is 0.101. The lowest BCUT2D eigenvalue weighted by atomic mass is 10.1. The third-order valence-electron chi connectivity index (χ3n) is 4.29. The summed E-state index contributed by atoms with van der Waals surface area (Å²) < 4.78 is 5.16. The molecule has 1 unspecified atom stereocenters. The lowest BCUT2D eigenvalue weighted by molar-refractivity contribution is 0.196. The second-order valence-electron chi connectivity index (χ2n) is 6.14. The molecule has 1 aromatic rings. The van der Waals surface area contributed by atoms with Crippen LogP contribution in [0.2, 0.25) is 0 Å². The first kappa shape index (κ1) is 16.7. The highest BCUT2D eigenvalue weighted by molar-refractivity contribution is 5.74. The smallest absolute Gasteiger partial charge is 0.317 e. The normalized spacial score (nSPS) is 16.7. The van der Waals surface area contributed by atoms with Gasteiger partial charge in [-0.05, 0) is 50.3 Å². The zero-order chi connectivity index (χ0) is 15.8. The molecule has 4 heteroatoms. The van der Waals surface area contributed by atoms with Crippen LogP contribution in [0.4, 0.5) is 4.79 Å². The van der Waals surface area contributed by atoms with Crippen LogP contribution < -0.4 is 10.1 Å². The van der Waals surface area contributed by atoms with E-state index in [1.165, 1.54) is 18.4 Å². The molecule has 1 fully saturated rings. The summed E-state index contributed by atoms with van der Waals surface area (Å²) in [7, 11) is 1.68. The molecule has 1 atom stereocenters. The average molecular weight is 304 g/mol. The van der Waals surface area contributed by atoms with Gasteiger partial charge in [-0.25, -0.2) is 4.79 Å². The van der Waals surface area contributed by atoms with Crippen molar-refractivity contribution in [3.63, 3.8) is 0 Å². The zero-order valence-corrected chi connectivity index (χ0v) is 13.8. The second-order valence-corrected chi connectivity index (χ2v) is 6.14. The highest BCUT2D eigenvalue weighted by Gasteiger charge is 2.16. The highest BCUT2D eigenvalue weighted by atomic mass is 16.5. The van der Waals surface area contributed by atoms with E-state index in [2.05, 4.69) is 24.4 Å². The minimum atomic E-state index is 0.101. The van der Waals surface area contributed by atoms with Crippen LogP contribution in [0, 0.1) is 0 Å². The Bertz CT molecular complexity index is 451. The van der Waals surface area contributed by atoms with E-state index in [0.29, 0.717) is 0 Å². The number of hydrogen-bond acceptors (Lipinski definition) is 2. The Morgan fingerprint density at radius 3 is 2.41 bits per heavy atom. The fraction of sp³-hybridized carbons (Fsp3) is 0.611. The molecule has 2 rings (SSSR count). The fourth-order valence-corrected chi connectivity index (χ4v) is 2.82. The zero-order valence-electron chi connectivity index (χ0n) is 13.8. The third kappa shape index (κ3) is 5.24. The molecule has 122 valence electrons. The van der Waals surface area contributed by atoms with E-state index in [4.69, 9.17) is 4.74 Å². The number of ether oxygens (including phenoxy) is 1. The van der Waals surface area contributed by atoms with Crippen LogP contribution in [0.15, 0.2) is 24.3 Å². The van der Waals surface area contributed by atoms with E-state index in [-0.39, 0.29) is 12.1 Å². The first-order valence-electron chi connectivity index (χ1n) is 8.37. The topological polar surface area (TPSA) is 41.6 Å². The van der Waals surface area contributed by atoms with Gasteiger partial charge in [0.15, 0.2) is 0 Å². The monoisotopic (exact) mass is 304 g/mol. The lowest BCUT2D eigenvalue weighted by Crippen LogP contribution is -2.44. The van der Waals surface area contributed by atoms with Gasteiger partial charge < -0.3 is 15.0 Å². The van der Waals surface area contributed by atoms with Gasteiger partial charge in [-0.2, -0.15) is 0 Å². The lowest BCUT2D eigenvalue weighted by Gasteiger charge is -2.23. The van der Waals surface area contributed by atoms with Crippen molar-refractivity contribution in [3.8, 4) is 5.75 Å². The molecule has 1 aromatic carbocycles. The number of carbonyl (C=O) groups is 1. The summed E-state index contributed by atoms with van der Waals surface area (Å²) in [5.74, 6) is 0.881. The predicted octanol–water partition coefficient (Wildman–Crippen LogP) is 3.60. The minimum Gasteiger partial charge on any atom is -0.497 e. The Morgan fingerprint density at radius 1 is 1.18 bits per heavy atom. The van der Waals surface area contributed by atoms with Gasteiger partial charge in [0.2, 0.25) is 0 Å². The van der Waals surface area contributed by atoms with E-state index in [0.717, 1.165) is 44.5 Å². The molecule has 1 aliphatic rings. The van der Waals surface area contributed by atoms with Crippen molar-refractivity contribution in [2.24, 2.45) is 0 Å². The number of aryl methyl sites for hydroxylation is 1. The summed E-state index contributed by atoms with van der Waals surface area (Å²) >= 11 is 0. The van der Waals surface area contributed by atoms with Crippen LogP contribution in [-0.2, 0) is 6.42 Å². The first-order chi connectivity index (χ1) is 10.7. The molecule has 1 heterocycles. The first-order valence-corrected chi connectivity index (χ1v) is 8.37. The molecule has 0 aromatic heterocycles. The number of hydrogen-bond donors (Lipinski definition) is 1. The summed E-state index contributed by atoms with van der Waals surface area (Å²) in [5, 5.41) is 3.13. The molecule has 2 amide bonds. The SMILES string of the molecule is COc1ccc(CCC(C)NC(=O)N2CCCCCC2)cc1. The van der Waals surface area contributed by atoms with Crippen molar-refractivity contribution < 1.29 is 9.53 Å². The highest BCUT2D eigenvalue weighted by Crippen LogP contribution is 2.14. The Kier molecular flexibility index (Phi) is 6.56. The van der Waals surface area contributed by atoms with Gasteiger partial charge in [-0.1, -0.05) is 25.0 Å². The van der Waals surface area contributed by atoms with Gasteiger partial charge >= 0.3 is 6.03 Å². The molecular weight excluding hydrogens is 276 g/mol.